The first kappa shape index (κ1) is 13.6. The average molecular weight is 278 g/mol. The van der Waals surface area contributed by atoms with Crippen molar-refractivity contribution < 1.29 is 0 Å². The van der Waals surface area contributed by atoms with Gasteiger partial charge < -0.3 is 5.73 Å². The Balaban J connectivity index is 2.17. The monoisotopic (exact) mass is 278 g/mol. The van der Waals surface area contributed by atoms with E-state index in [4.69, 9.17) is 5.73 Å². The van der Waals surface area contributed by atoms with Crippen molar-refractivity contribution in [2.24, 2.45) is 5.73 Å². The maximum absolute atomic E-state index is 6.53. The Morgan fingerprint density at radius 3 is 2.81 bits per heavy atom. The van der Waals surface area contributed by atoms with Gasteiger partial charge in [-0.2, -0.15) is 10.2 Å². The summed E-state index contributed by atoms with van der Waals surface area (Å²) in [5.41, 5.74) is 10.5. The van der Waals surface area contributed by atoms with Crippen LogP contribution in [-0.4, -0.2) is 15.2 Å². The van der Waals surface area contributed by atoms with Crippen LogP contribution in [0.25, 0.3) is 10.8 Å². The Kier molecular flexibility index (Phi) is 3.62. The van der Waals surface area contributed by atoms with Gasteiger partial charge in [0.15, 0.2) is 0 Å². The molecule has 1 unspecified atom stereocenters. The molecule has 2 aromatic heterocycles. The summed E-state index contributed by atoms with van der Waals surface area (Å²) in [6.07, 6.45) is 4.49. The van der Waals surface area contributed by atoms with Gasteiger partial charge in [0, 0.05) is 17.8 Å². The Morgan fingerprint density at radius 2 is 2.00 bits per heavy atom. The number of nitrogens with two attached hydrogens (primary N) is 1. The first-order valence-corrected chi connectivity index (χ1v) is 7.12. The Morgan fingerprint density at radius 1 is 1.14 bits per heavy atom. The van der Waals surface area contributed by atoms with Gasteiger partial charge in [-0.15, -0.1) is 0 Å². The first-order valence-electron chi connectivity index (χ1n) is 7.12. The van der Waals surface area contributed by atoms with E-state index in [-0.39, 0.29) is 6.04 Å². The highest BCUT2D eigenvalue weighted by Gasteiger charge is 2.16. The van der Waals surface area contributed by atoms with Gasteiger partial charge in [-0.3, -0.25) is 4.98 Å². The summed E-state index contributed by atoms with van der Waals surface area (Å²) in [7, 11) is 0. The minimum atomic E-state index is -0.220. The lowest BCUT2D eigenvalue weighted by molar-refractivity contribution is 0.793. The molecule has 21 heavy (non-hydrogen) atoms. The molecule has 4 heteroatoms. The van der Waals surface area contributed by atoms with Gasteiger partial charge in [0.25, 0.3) is 0 Å². The van der Waals surface area contributed by atoms with E-state index in [1.54, 1.807) is 6.20 Å². The van der Waals surface area contributed by atoms with Crippen LogP contribution >= 0.6 is 0 Å². The Labute approximate surface area is 124 Å². The predicted molar refractivity (Wildman–Crippen MR) is 83.9 cm³/mol. The molecule has 0 fully saturated rings. The predicted octanol–water partition coefficient (Wildman–Crippen LogP) is 2.94. The van der Waals surface area contributed by atoms with Crippen LogP contribution in [0, 0.1) is 6.92 Å². The second-order valence-electron chi connectivity index (χ2n) is 5.16. The Hall–Kier alpha value is -2.33. The smallest absolute Gasteiger partial charge is 0.0679 e. The molecule has 0 aliphatic carbocycles. The van der Waals surface area contributed by atoms with Gasteiger partial charge in [-0.05, 0) is 42.0 Å². The van der Waals surface area contributed by atoms with Crippen LogP contribution in [0.4, 0.5) is 0 Å². The molecule has 1 atom stereocenters. The SMILES string of the molecule is CCc1nnc(C)cc1C(N)c1cccc2ccncc12. The minimum absolute atomic E-state index is 0.220. The van der Waals surface area contributed by atoms with Crippen LogP contribution in [0.15, 0.2) is 42.7 Å². The lowest BCUT2D eigenvalue weighted by Gasteiger charge is -2.17. The van der Waals surface area contributed by atoms with E-state index >= 15 is 0 Å². The van der Waals surface area contributed by atoms with Crippen LogP contribution < -0.4 is 5.73 Å². The van der Waals surface area contributed by atoms with Gasteiger partial charge in [0.1, 0.15) is 0 Å². The van der Waals surface area contributed by atoms with Gasteiger partial charge in [0.05, 0.1) is 17.4 Å². The molecule has 0 saturated carbocycles. The number of aromatic nitrogens is 3. The zero-order valence-electron chi connectivity index (χ0n) is 12.2. The van der Waals surface area contributed by atoms with E-state index < -0.39 is 0 Å². The number of fused-ring (bicyclic) bond motifs is 1. The zero-order chi connectivity index (χ0) is 14.8. The third kappa shape index (κ3) is 2.50. The van der Waals surface area contributed by atoms with Crippen LogP contribution in [0.1, 0.15) is 35.5 Å². The number of pyridine rings is 1. The molecule has 1 aromatic carbocycles. The molecule has 0 bridgehead atoms. The van der Waals surface area contributed by atoms with Crippen molar-refractivity contribution in [3.63, 3.8) is 0 Å². The van der Waals surface area contributed by atoms with Crippen LogP contribution in [0.2, 0.25) is 0 Å². The van der Waals surface area contributed by atoms with Crippen molar-refractivity contribution in [2.45, 2.75) is 26.3 Å². The van der Waals surface area contributed by atoms with E-state index in [0.29, 0.717) is 0 Å². The number of benzene rings is 1. The van der Waals surface area contributed by atoms with Crippen molar-refractivity contribution in [3.05, 3.63) is 65.2 Å². The van der Waals surface area contributed by atoms with Crippen molar-refractivity contribution in [1.29, 1.82) is 0 Å². The van der Waals surface area contributed by atoms with Crippen LogP contribution in [-0.2, 0) is 6.42 Å². The average Bonchev–Trinajstić information content (AvgIpc) is 2.53. The quantitative estimate of drug-likeness (QED) is 0.800. The lowest BCUT2D eigenvalue weighted by Crippen LogP contribution is -2.16. The molecule has 0 radical (unpaired) electrons. The van der Waals surface area contributed by atoms with Crippen molar-refractivity contribution >= 4 is 10.8 Å². The van der Waals surface area contributed by atoms with Gasteiger partial charge >= 0.3 is 0 Å². The minimum Gasteiger partial charge on any atom is -0.320 e. The highest BCUT2D eigenvalue weighted by molar-refractivity contribution is 5.85. The van der Waals surface area contributed by atoms with E-state index in [1.807, 2.05) is 31.3 Å². The maximum Gasteiger partial charge on any atom is 0.0679 e. The van der Waals surface area contributed by atoms with Crippen LogP contribution in [0.5, 0.6) is 0 Å². The summed E-state index contributed by atoms with van der Waals surface area (Å²) in [5.74, 6) is 0. The normalized spacial score (nSPS) is 12.5. The van der Waals surface area contributed by atoms with Gasteiger partial charge in [0.2, 0.25) is 0 Å². The summed E-state index contributed by atoms with van der Waals surface area (Å²) in [6.45, 7) is 4.01. The fraction of sp³-hybridized carbons (Fsp3) is 0.235. The number of nitrogens with zero attached hydrogens (tertiary/aromatic N) is 3. The lowest BCUT2D eigenvalue weighted by atomic mass is 9.94. The fourth-order valence-electron chi connectivity index (χ4n) is 2.65. The number of rotatable bonds is 3. The van der Waals surface area contributed by atoms with Crippen molar-refractivity contribution in [2.75, 3.05) is 0 Å². The van der Waals surface area contributed by atoms with E-state index in [9.17, 15) is 0 Å². The van der Waals surface area contributed by atoms with Gasteiger partial charge in [-0.1, -0.05) is 25.1 Å². The molecule has 2 heterocycles. The molecule has 4 nitrogen and oxygen atoms in total. The standard InChI is InChI=1S/C17H18N4/c1-3-16-14(9-11(2)20-21-16)17(18)13-6-4-5-12-7-8-19-10-15(12)13/h4-10,17H,3,18H2,1-2H3. The molecule has 2 N–H and O–H groups in total. The second kappa shape index (κ2) is 5.58. The molecule has 0 amide bonds. The molecular weight excluding hydrogens is 260 g/mol. The highest BCUT2D eigenvalue weighted by atomic mass is 15.1. The third-order valence-corrected chi connectivity index (χ3v) is 3.75. The van der Waals surface area contributed by atoms with Crippen molar-refractivity contribution in [3.8, 4) is 0 Å². The van der Waals surface area contributed by atoms with Crippen molar-refractivity contribution in [1.82, 2.24) is 15.2 Å². The summed E-state index contributed by atoms with van der Waals surface area (Å²) in [5, 5.41) is 10.6. The molecule has 0 aliphatic heterocycles. The summed E-state index contributed by atoms with van der Waals surface area (Å²) < 4.78 is 0. The number of hydrogen-bond acceptors (Lipinski definition) is 4. The largest absolute Gasteiger partial charge is 0.320 e. The van der Waals surface area contributed by atoms with E-state index in [2.05, 4.69) is 34.2 Å². The maximum atomic E-state index is 6.53. The van der Waals surface area contributed by atoms with Crippen LogP contribution in [0.3, 0.4) is 0 Å². The fourth-order valence-corrected chi connectivity index (χ4v) is 2.65. The second-order valence-corrected chi connectivity index (χ2v) is 5.16. The molecule has 0 aliphatic rings. The summed E-state index contributed by atoms with van der Waals surface area (Å²) in [4.78, 5) is 4.23. The topological polar surface area (TPSA) is 64.7 Å². The molecular formula is C17H18N4. The number of hydrogen-bond donors (Lipinski definition) is 1. The van der Waals surface area contributed by atoms with E-state index in [0.717, 1.165) is 39.7 Å². The molecule has 106 valence electrons. The first-order chi connectivity index (χ1) is 10.2. The molecule has 0 saturated heterocycles. The van der Waals surface area contributed by atoms with E-state index in [1.165, 1.54) is 0 Å². The highest BCUT2D eigenvalue weighted by Crippen LogP contribution is 2.28. The molecule has 0 spiro atoms. The van der Waals surface area contributed by atoms with Gasteiger partial charge in [-0.25, -0.2) is 0 Å². The third-order valence-electron chi connectivity index (χ3n) is 3.75. The molecule has 3 aromatic rings. The number of aryl methyl sites for hydroxylation is 2. The Bertz CT molecular complexity index is 777. The molecule has 3 rings (SSSR count). The summed E-state index contributed by atoms with van der Waals surface area (Å²) >= 11 is 0. The summed E-state index contributed by atoms with van der Waals surface area (Å²) in [6, 6.07) is 9.98. The zero-order valence-corrected chi connectivity index (χ0v) is 12.2.